The number of imide groups is 1. The molecule has 0 aliphatic carbocycles. The predicted molar refractivity (Wildman–Crippen MR) is 120 cm³/mol. The molecule has 0 saturated heterocycles. The molecule has 8 heteroatoms. The first kappa shape index (κ1) is 21.4. The number of nitrogens with one attached hydrogen (secondary N) is 1. The lowest BCUT2D eigenvalue weighted by Gasteiger charge is -2.16. The summed E-state index contributed by atoms with van der Waals surface area (Å²) in [4.78, 5) is 27.9. The van der Waals surface area contributed by atoms with Gasteiger partial charge < -0.3 is 14.8 Å². The molecule has 0 atom stereocenters. The maximum absolute atomic E-state index is 13.7. The Morgan fingerprint density at radius 1 is 0.875 bits per heavy atom. The third-order valence-corrected chi connectivity index (χ3v) is 5.28. The predicted octanol–water partition coefficient (Wildman–Crippen LogP) is 4.89. The molecule has 0 unspecified atom stereocenters. The summed E-state index contributed by atoms with van der Waals surface area (Å²) in [6.45, 7) is 0. The van der Waals surface area contributed by atoms with Crippen molar-refractivity contribution in [3.63, 3.8) is 0 Å². The monoisotopic (exact) mass is 452 g/mol. The van der Waals surface area contributed by atoms with Gasteiger partial charge in [0.05, 0.1) is 36.2 Å². The first-order valence-corrected chi connectivity index (χ1v) is 9.95. The van der Waals surface area contributed by atoms with Crippen LogP contribution in [-0.2, 0) is 9.59 Å². The maximum Gasteiger partial charge on any atom is 0.282 e. The SMILES string of the molecule is COc1ccccc1NC1=C(c2ccccc2OC)C(=O)N(c2ccc(F)c(Cl)c2)C1=O. The van der Waals surface area contributed by atoms with Gasteiger partial charge in [-0.05, 0) is 36.4 Å². The van der Waals surface area contributed by atoms with Crippen molar-refractivity contribution in [3.8, 4) is 11.5 Å². The van der Waals surface area contributed by atoms with Crippen molar-refractivity contribution in [2.24, 2.45) is 0 Å². The number of halogens is 2. The summed E-state index contributed by atoms with van der Waals surface area (Å²) >= 11 is 5.90. The van der Waals surface area contributed by atoms with Gasteiger partial charge >= 0.3 is 0 Å². The molecule has 162 valence electrons. The zero-order chi connectivity index (χ0) is 22.8. The van der Waals surface area contributed by atoms with E-state index in [9.17, 15) is 14.0 Å². The minimum atomic E-state index is -0.653. The number of hydrogen-bond acceptors (Lipinski definition) is 5. The number of carbonyl (C=O) groups is 2. The van der Waals surface area contributed by atoms with Crippen molar-refractivity contribution >= 4 is 40.4 Å². The summed E-state index contributed by atoms with van der Waals surface area (Å²) in [5, 5.41) is 2.85. The minimum Gasteiger partial charge on any atom is -0.496 e. The van der Waals surface area contributed by atoms with Gasteiger partial charge in [-0.25, -0.2) is 9.29 Å². The third-order valence-electron chi connectivity index (χ3n) is 4.99. The lowest BCUT2D eigenvalue weighted by molar-refractivity contribution is -0.120. The van der Waals surface area contributed by atoms with Crippen LogP contribution in [0.4, 0.5) is 15.8 Å². The smallest absolute Gasteiger partial charge is 0.282 e. The van der Waals surface area contributed by atoms with Gasteiger partial charge in [-0.1, -0.05) is 41.9 Å². The number of carbonyl (C=O) groups excluding carboxylic acids is 2. The molecule has 2 amide bonds. The summed E-state index contributed by atoms with van der Waals surface area (Å²) in [6.07, 6.45) is 0. The maximum atomic E-state index is 13.7. The van der Waals surface area contributed by atoms with Gasteiger partial charge in [-0.3, -0.25) is 9.59 Å². The van der Waals surface area contributed by atoms with E-state index in [1.807, 2.05) is 0 Å². The Labute approximate surface area is 188 Å². The van der Waals surface area contributed by atoms with Gasteiger partial charge in [0.25, 0.3) is 11.8 Å². The van der Waals surface area contributed by atoms with Crippen LogP contribution in [0.15, 0.2) is 72.4 Å². The quantitative estimate of drug-likeness (QED) is 0.539. The summed E-state index contributed by atoms with van der Waals surface area (Å²) in [5.41, 5.74) is 1.22. The number of nitrogens with zero attached hydrogens (tertiary/aromatic N) is 1. The molecule has 4 rings (SSSR count). The number of hydrogen-bond donors (Lipinski definition) is 1. The average molecular weight is 453 g/mol. The van der Waals surface area contributed by atoms with Gasteiger partial charge in [-0.15, -0.1) is 0 Å². The van der Waals surface area contributed by atoms with Crippen LogP contribution in [0.2, 0.25) is 5.02 Å². The molecule has 0 fully saturated rings. The number of rotatable bonds is 6. The lowest BCUT2D eigenvalue weighted by Crippen LogP contribution is -2.32. The standard InChI is InChI=1S/C24H18ClFN2O4/c1-31-19-9-5-3-7-15(19)21-22(27-18-8-4-6-10-20(18)32-2)24(30)28(23(21)29)14-11-12-17(26)16(25)13-14/h3-13,27H,1-2H3. The van der Waals surface area contributed by atoms with Crippen LogP contribution in [-0.4, -0.2) is 26.0 Å². The summed E-state index contributed by atoms with van der Waals surface area (Å²) in [6, 6.07) is 17.5. The Bertz CT molecular complexity index is 1260. The van der Waals surface area contributed by atoms with Crippen LogP contribution in [0.3, 0.4) is 0 Å². The molecule has 6 nitrogen and oxygen atoms in total. The Hall–Kier alpha value is -3.84. The van der Waals surface area contributed by atoms with Gasteiger partial charge in [0, 0.05) is 5.56 Å². The fraction of sp³-hybridized carbons (Fsp3) is 0.0833. The molecular formula is C24H18ClFN2O4. The number of para-hydroxylation sites is 3. The van der Waals surface area contributed by atoms with E-state index in [1.54, 1.807) is 48.5 Å². The van der Waals surface area contributed by atoms with E-state index in [1.165, 1.54) is 26.4 Å². The van der Waals surface area contributed by atoms with E-state index in [0.717, 1.165) is 11.0 Å². The van der Waals surface area contributed by atoms with Crippen LogP contribution in [0.25, 0.3) is 5.57 Å². The molecule has 0 aromatic heterocycles. The number of amides is 2. The van der Waals surface area contributed by atoms with Crippen molar-refractivity contribution in [2.45, 2.75) is 0 Å². The van der Waals surface area contributed by atoms with E-state index < -0.39 is 17.6 Å². The number of benzene rings is 3. The van der Waals surface area contributed by atoms with Crippen LogP contribution in [0, 0.1) is 5.82 Å². The van der Waals surface area contributed by atoms with Crippen LogP contribution < -0.4 is 19.7 Å². The van der Waals surface area contributed by atoms with Gasteiger partial charge in [0.15, 0.2) is 0 Å². The molecular weight excluding hydrogens is 435 g/mol. The van der Waals surface area contributed by atoms with Crippen LogP contribution in [0.1, 0.15) is 5.56 Å². The average Bonchev–Trinajstić information content (AvgIpc) is 3.05. The highest BCUT2D eigenvalue weighted by Crippen LogP contribution is 2.39. The molecule has 1 aliphatic rings. The van der Waals surface area contributed by atoms with Crippen molar-refractivity contribution in [3.05, 3.63) is 88.8 Å². The van der Waals surface area contributed by atoms with Crippen LogP contribution in [0.5, 0.6) is 11.5 Å². The molecule has 0 bridgehead atoms. The topological polar surface area (TPSA) is 67.9 Å². The van der Waals surface area contributed by atoms with E-state index in [2.05, 4.69) is 5.32 Å². The van der Waals surface area contributed by atoms with Gasteiger partial charge in [0.1, 0.15) is 23.0 Å². The van der Waals surface area contributed by atoms with E-state index in [0.29, 0.717) is 22.7 Å². The van der Waals surface area contributed by atoms with Crippen LogP contribution >= 0.6 is 11.6 Å². The zero-order valence-electron chi connectivity index (χ0n) is 17.2. The second kappa shape index (κ2) is 8.72. The minimum absolute atomic E-state index is 0.0319. The number of ether oxygens (including phenoxy) is 2. The normalized spacial score (nSPS) is 13.6. The lowest BCUT2D eigenvalue weighted by atomic mass is 10.0. The van der Waals surface area contributed by atoms with E-state index in [4.69, 9.17) is 21.1 Å². The Kier molecular flexibility index (Phi) is 5.83. The Morgan fingerprint density at radius 2 is 1.53 bits per heavy atom. The first-order valence-electron chi connectivity index (χ1n) is 9.57. The summed E-state index contributed by atoms with van der Waals surface area (Å²) in [5.74, 6) is -0.964. The molecule has 1 heterocycles. The molecule has 3 aromatic carbocycles. The van der Waals surface area contributed by atoms with Crippen molar-refractivity contribution in [2.75, 3.05) is 24.4 Å². The molecule has 3 aromatic rings. The summed E-state index contributed by atoms with van der Waals surface area (Å²) < 4.78 is 24.5. The third kappa shape index (κ3) is 3.67. The fourth-order valence-electron chi connectivity index (χ4n) is 3.49. The largest absolute Gasteiger partial charge is 0.496 e. The molecule has 0 radical (unpaired) electrons. The molecule has 1 N–H and O–H groups in total. The Balaban J connectivity index is 1.89. The zero-order valence-corrected chi connectivity index (χ0v) is 17.9. The number of methoxy groups -OCH3 is 2. The van der Waals surface area contributed by atoms with Crippen molar-refractivity contribution in [1.82, 2.24) is 0 Å². The summed E-state index contributed by atoms with van der Waals surface area (Å²) in [7, 11) is 2.98. The second-order valence-electron chi connectivity index (χ2n) is 6.82. The second-order valence-corrected chi connectivity index (χ2v) is 7.23. The van der Waals surface area contributed by atoms with Gasteiger partial charge in [-0.2, -0.15) is 0 Å². The first-order chi connectivity index (χ1) is 15.5. The number of anilines is 2. The van der Waals surface area contributed by atoms with Gasteiger partial charge in [0.2, 0.25) is 0 Å². The van der Waals surface area contributed by atoms with E-state index in [-0.39, 0.29) is 22.0 Å². The highest BCUT2D eigenvalue weighted by molar-refractivity contribution is 6.46. The van der Waals surface area contributed by atoms with E-state index >= 15 is 0 Å². The fourth-order valence-corrected chi connectivity index (χ4v) is 3.66. The highest BCUT2D eigenvalue weighted by Gasteiger charge is 2.41. The molecule has 32 heavy (non-hydrogen) atoms. The molecule has 0 saturated carbocycles. The highest BCUT2D eigenvalue weighted by atomic mass is 35.5. The molecule has 0 spiro atoms. The Morgan fingerprint density at radius 3 is 2.22 bits per heavy atom. The molecule has 1 aliphatic heterocycles. The van der Waals surface area contributed by atoms with Crippen molar-refractivity contribution in [1.29, 1.82) is 0 Å². The van der Waals surface area contributed by atoms with Crippen molar-refractivity contribution < 1.29 is 23.5 Å².